The molecular weight excluding hydrogens is 255 g/mol. The lowest BCUT2D eigenvalue weighted by Crippen LogP contribution is -2.22. The third kappa shape index (κ3) is 3.54. The zero-order valence-corrected chi connectivity index (χ0v) is 11.8. The minimum atomic E-state index is -0.231. The van der Waals surface area contributed by atoms with E-state index in [9.17, 15) is 4.39 Å². The first-order valence-electron chi connectivity index (χ1n) is 6.81. The Morgan fingerprint density at radius 1 is 1.15 bits per heavy atom. The molecule has 3 nitrogen and oxygen atoms in total. The number of hydrogen-bond acceptors (Lipinski definition) is 3. The Kier molecular flexibility index (Phi) is 5.07. The Morgan fingerprint density at radius 3 is 2.55 bits per heavy atom. The summed E-state index contributed by atoms with van der Waals surface area (Å²) < 4.78 is 18.5. The van der Waals surface area contributed by atoms with Crippen LogP contribution in [0.2, 0.25) is 0 Å². The van der Waals surface area contributed by atoms with Crippen molar-refractivity contribution in [1.82, 2.24) is 10.3 Å². The molecule has 2 rings (SSSR count). The summed E-state index contributed by atoms with van der Waals surface area (Å²) in [7, 11) is 0. The van der Waals surface area contributed by atoms with Crippen LogP contribution in [0.1, 0.15) is 31.0 Å². The van der Waals surface area contributed by atoms with Crippen LogP contribution in [0.4, 0.5) is 4.39 Å². The van der Waals surface area contributed by atoms with E-state index in [-0.39, 0.29) is 11.9 Å². The Balaban J connectivity index is 2.32. The van der Waals surface area contributed by atoms with Crippen molar-refractivity contribution >= 4 is 0 Å². The van der Waals surface area contributed by atoms with Crippen molar-refractivity contribution in [2.24, 2.45) is 0 Å². The smallest absolute Gasteiger partial charge is 0.137 e. The Hall–Kier alpha value is -1.94. The topological polar surface area (TPSA) is 34.2 Å². The fraction of sp³-hybridized carbons (Fsp3) is 0.312. The molecule has 1 aromatic carbocycles. The number of hydrogen-bond donors (Lipinski definition) is 1. The van der Waals surface area contributed by atoms with E-state index in [1.807, 2.05) is 19.9 Å². The first-order valence-corrected chi connectivity index (χ1v) is 6.81. The molecule has 0 aliphatic carbocycles. The predicted octanol–water partition coefficient (Wildman–Crippen LogP) is 3.32. The van der Waals surface area contributed by atoms with E-state index >= 15 is 0 Å². The molecule has 0 fully saturated rings. The van der Waals surface area contributed by atoms with Crippen molar-refractivity contribution in [3.63, 3.8) is 0 Å². The summed E-state index contributed by atoms with van der Waals surface area (Å²) in [5, 5.41) is 3.39. The van der Waals surface area contributed by atoms with Gasteiger partial charge in [0.2, 0.25) is 0 Å². The maximum absolute atomic E-state index is 13.1. The third-order valence-electron chi connectivity index (χ3n) is 2.99. The van der Waals surface area contributed by atoms with E-state index in [0.29, 0.717) is 6.61 Å². The maximum Gasteiger partial charge on any atom is 0.137 e. The van der Waals surface area contributed by atoms with Gasteiger partial charge in [0.1, 0.15) is 11.6 Å². The summed E-state index contributed by atoms with van der Waals surface area (Å²) in [5.41, 5.74) is 2.01. The van der Waals surface area contributed by atoms with Crippen LogP contribution in [0, 0.1) is 5.82 Å². The molecule has 0 saturated carbocycles. The molecule has 1 N–H and O–H groups in total. The SMILES string of the molecule is CCNC(c1ccc(F)cc1)c1cncc(OCC)c1. The predicted molar refractivity (Wildman–Crippen MR) is 77.3 cm³/mol. The summed E-state index contributed by atoms with van der Waals surface area (Å²) in [4.78, 5) is 4.21. The van der Waals surface area contributed by atoms with Crippen LogP contribution in [0.5, 0.6) is 5.75 Å². The summed E-state index contributed by atoms with van der Waals surface area (Å²) in [5.74, 6) is 0.514. The highest BCUT2D eigenvalue weighted by Crippen LogP contribution is 2.24. The third-order valence-corrected chi connectivity index (χ3v) is 2.99. The van der Waals surface area contributed by atoms with Gasteiger partial charge >= 0.3 is 0 Å². The van der Waals surface area contributed by atoms with Gasteiger partial charge in [-0.15, -0.1) is 0 Å². The average molecular weight is 274 g/mol. The summed E-state index contributed by atoms with van der Waals surface area (Å²) in [6.45, 7) is 5.39. The van der Waals surface area contributed by atoms with Crippen LogP contribution in [-0.4, -0.2) is 18.1 Å². The number of halogens is 1. The number of aromatic nitrogens is 1. The molecule has 2 aromatic rings. The lowest BCUT2D eigenvalue weighted by atomic mass is 10.00. The molecular formula is C16H19FN2O. The van der Waals surface area contributed by atoms with Gasteiger partial charge in [-0.1, -0.05) is 19.1 Å². The van der Waals surface area contributed by atoms with E-state index in [0.717, 1.165) is 23.4 Å². The fourth-order valence-corrected chi connectivity index (χ4v) is 2.13. The van der Waals surface area contributed by atoms with Crippen LogP contribution >= 0.6 is 0 Å². The van der Waals surface area contributed by atoms with Crippen LogP contribution in [-0.2, 0) is 0 Å². The monoisotopic (exact) mass is 274 g/mol. The van der Waals surface area contributed by atoms with Gasteiger partial charge in [0.15, 0.2) is 0 Å². The van der Waals surface area contributed by atoms with Crippen molar-refractivity contribution in [3.05, 3.63) is 59.7 Å². The molecule has 0 bridgehead atoms. The number of ether oxygens (including phenoxy) is 1. The number of benzene rings is 1. The van der Waals surface area contributed by atoms with Crippen molar-refractivity contribution in [2.75, 3.05) is 13.2 Å². The molecule has 0 saturated heterocycles. The van der Waals surface area contributed by atoms with Gasteiger partial charge in [0, 0.05) is 6.20 Å². The number of nitrogens with zero attached hydrogens (tertiary/aromatic N) is 1. The minimum absolute atomic E-state index is 0.0199. The summed E-state index contributed by atoms with van der Waals surface area (Å²) >= 11 is 0. The van der Waals surface area contributed by atoms with Gasteiger partial charge in [-0.05, 0) is 42.8 Å². The van der Waals surface area contributed by atoms with E-state index in [2.05, 4.69) is 10.3 Å². The first kappa shape index (κ1) is 14.5. The van der Waals surface area contributed by atoms with Crippen LogP contribution in [0.25, 0.3) is 0 Å². The molecule has 4 heteroatoms. The Morgan fingerprint density at radius 2 is 1.90 bits per heavy atom. The highest BCUT2D eigenvalue weighted by Gasteiger charge is 2.14. The number of rotatable bonds is 6. The highest BCUT2D eigenvalue weighted by atomic mass is 19.1. The number of pyridine rings is 1. The van der Waals surface area contributed by atoms with E-state index in [1.54, 1.807) is 24.5 Å². The van der Waals surface area contributed by atoms with Crippen LogP contribution in [0.3, 0.4) is 0 Å². The van der Waals surface area contributed by atoms with Gasteiger partial charge in [0.05, 0.1) is 18.8 Å². The molecule has 1 aromatic heterocycles. The standard InChI is InChI=1S/C16H19FN2O/c1-3-19-16(12-5-7-14(17)8-6-12)13-9-15(20-4-2)11-18-10-13/h5-11,16,19H,3-4H2,1-2H3. The molecule has 0 aliphatic rings. The Bertz CT molecular complexity index is 542. The second kappa shape index (κ2) is 7.01. The lowest BCUT2D eigenvalue weighted by Gasteiger charge is -2.19. The fourth-order valence-electron chi connectivity index (χ4n) is 2.13. The molecule has 0 amide bonds. The van der Waals surface area contributed by atoms with Crippen molar-refractivity contribution in [3.8, 4) is 5.75 Å². The number of nitrogens with one attached hydrogen (secondary N) is 1. The van der Waals surface area contributed by atoms with Gasteiger partial charge in [-0.2, -0.15) is 0 Å². The second-order valence-corrected chi connectivity index (χ2v) is 4.43. The molecule has 1 heterocycles. The highest BCUT2D eigenvalue weighted by molar-refractivity contribution is 5.34. The van der Waals surface area contributed by atoms with Crippen molar-refractivity contribution < 1.29 is 9.13 Å². The first-order chi connectivity index (χ1) is 9.74. The largest absolute Gasteiger partial charge is 0.492 e. The van der Waals surface area contributed by atoms with Crippen LogP contribution < -0.4 is 10.1 Å². The van der Waals surface area contributed by atoms with E-state index in [4.69, 9.17) is 4.74 Å². The normalized spacial score (nSPS) is 12.2. The molecule has 0 spiro atoms. The van der Waals surface area contributed by atoms with Gasteiger partial charge in [0.25, 0.3) is 0 Å². The van der Waals surface area contributed by atoms with Crippen molar-refractivity contribution in [1.29, 1.82) is 0 Å². The zero-order valence-electron chi connectivity index (χ0n) is 11.8. The second-order valence-electron chi connectivity index (χ2n) is 4.43. The Labute approximate surface area is 118 Å². The molecule has 0 radical (unpaired) electrons. The van der Waals surface area contributed by atoms with Crippen molar-refractivity contribution in [2.45, 2.75) is 19.9 Å². The van der Waals surface area contributed by atoms with Crippen LogP contribution in [0.15, 0.2) is 42.7 Å². The van der Waals surface area contributed by atoms with E-state index in [1.165, 1.54) is 12.1 Å². The van der Waals surface area contributed by atoms with Gasteiger partial charge < -0.3 is 10.1 Å². The average Bonchev–Trinajstić information content (AvgIpc) is 2.47. The zero-order chi connectivity index (χ0) is 14.4. The maximum atomic E-state index is 13.1. The van der Waals surface area contributed by atoms with E-state index < -0.39 is 0 Å². The minimum Gasteiger partial charge on any atom is -0.492 e. The molecule has 106 valence electrons. The summed E-state index contributed by atoms with van der Waals surface area (Å²) in [6.07, 6.45) is 3.50. The lowest BCUT2D eigenvalue weighted by molar-refractivity contribution is 0.338. The molecule has 1 atom stereocenters. The quantitative estimate of drug-likeness (QED) is 0.877. The van der Waals surface area contributed by atoms with Gasteiger partial charge in [-0.25, -0.2) is 4.39 Å². The van der Waals surface area contributed by atoms with Gasteiger partial charge in [-0.3, -0.25) is 4.98 Å². The summed E-state index contributed by atoms with van der Waals surface area (Å²) in [6, 6.07) is 8.46. The molecule has 0 aliphatic heterocycles. The molecule has 20 heavy (non-hydrogen) atoms. The molecule has 1 unspecified atom stereocenters.